The summed E-state index contributed by atoms with van der Waals surface area (Å²) in [6, 6.07) is -0.572. The summed E-state index contributed by atoms with van der Waals surface area (Å²) in [7, 11) is 1.76. The van der Waals surface area contributed by atoms with Gasteiger partial charge in [-0.15, -0.1) is 0 Å². The Morgan fingerprint density at radius 1 is 1.85 bits per heavy atom. The van der Waals surface area contributed by atoms with Crippen LogP contribution >= 0.6 is 0 Å². The molecule has 0 aliphatic heterocycles. The highest BCUT2D eigenvalue weighted by Crippen LogP contribution is 1.91. The van der Waals surface area contributed by atoms with Crippen LogP contribution in [-0.2, 0) is 18.4 Å². The van der Waals surface area contributed by atoms with Crippen molar-refractivity contribution in [2.75, 3.05) is 0 Å². The number of aryl methyl sites for hydroxylation is 1. The number of carboxylic acids is 1. The highest BCUT2D eigenvalue weighted by Gasteiger charge is 2.10. The Bertz CT molecular complexity index is 296. The SMILES string of the molecule is C[C@H](NCc1ncnn1C)C(=O)O. The summed E-state index contributed by atoms with van der Waals surface area (Å²) in [4.78, 5) is 14.4. The Balaban J connectivity index is 2.44. The Kier molecular flexibility index (Phi) is 2.97. The van der Waals surface area contributed by atoms with Crippen molar-refractivity contribution in [2.45, 2.75) is 19.5 Å². The van der Waals surface area contributed by atoms with Crippen molar-refractivity contribution in [3.63, 3.8) is 0 Å². The zero-order valence-corrected chi connectivity index (χ0v) is 7.56. The van der Waals surface area contributed by atoms with Gasteiger partial charge in [0.25, 0.3) is 0 Å². The largest absolute Gasteiger partial charge is 0.480 e. The molecule has 0 aromatic carbocycles. The van der Waals surface area contributed by atoms with Crippen LogP contribution in [0.2, 0.25) is 0 Å². The van der Waals surface area contributed by atoms with Crippen LogP contribution in [0.4, 0.5) is 0 Å². The molecular formula is C7H12N4O2. The van der Waals surface area contributed by atoms with Crippen LogP contribution in [0.25, 0.3) is 0 Å². The molecule has 0 saturated carbocycles. The molecule has 2 N–H and O–H groups in total. The first-order valence-electron chi connectivity index (χ1n) is 3.90. The van der Waals surface area contributed by atoms with Gasteiger partial charge in [0.05, 0.1) is 6.54 Å². The number of hydrogen-bond donors (Lipinski definition) is 2. The Hall–Kier alpha value is -1.43. The van der Waals surface area contributed by atoms with Crippen molar-refractivity contribution >= 4 is 5.97 Å². The highest BCUT2D eigenvalue weighted by atomic mass is 16.4. The second kappa shape index (κ2) is 3.99. The fourth-order valence-corrected chi connectivity index (χ4v) is 0.812. The summed E-state index contributed by atoms with van der Waals surface area (Å²) < 4.78 is 1.60. The van der Waals surface area contributed by atoms with Gasteiger partial charge in [0.15, 0.2) is 0 Å². The maximum absolute atomic E-state index is 10.4. The molecule has 0 radical (unpaired) electrons. The van der Waals surface area contributed by atoms with E-state index in [2.05, 4.69) is 15.4 Å². The average molecular weight is 184 g/mol. The second-order valence-electron chi connectivity index (χ2n) is 2.74. The van der Waals surface area contributed by atoms with Crippen molar-refractivity contribution < 1.29 is 9.90 Å². The van der Waals surface area contributed by atoms with E-state index in [1.807, 2.05) is 0 Å². The molecule has 1 aromatic rings. The molecule has 0 fully saturated rings. The highest BCUT2D eigenvalue weighted by molar-refractivity contribution is 5.72. The number of aliphatic carboxylic acids is 1. The van der Waals surface area contributed by atoms with E-state index in [0.717, 1.165) is 0 Å². The van der Waals surface area contributed by atoms with Crippen LogP contribution in [0, 0.1) is 0 Å². The lowest BCUT2D eigenvalue weighted by Gasteiger charge is -2.07. The number of rotatable bonds is 4. The third kappa shape index (κ3) is 2.51. The summed E-state index contributed by atoms with van der Waals surface area (Å²) in [6.07, 6.45) is 1.43. The molecule has 1 heterocycles. The zero-order valence-electron chi connectivity index (χ0n) is 7.56. The minimum atomic E-state index is -0.873. The lowest BCUT2D eigenvalue weighted by molar-refractivity contribution is -0.139. The molecule has 0 unspecified atom stereocenters. The van der Waals surface area contributed by atoms with Gasteiger partial charge in [0.2, 0.25) is 0 Å². The second-order valence-corrected chi connectivity index (χ2v) is 2.74. The summed E-state index contributed by atoms with van der Waals surface area (Å²) in [5.41, 5.74) is 0. The zero-order chi connectivity index (χ0) is 9.84. The monoisotopic (exact) mass is 184 g/mol. The fraction of sp³-hybridized carbons (Fsp3) is 0.571. The van der Waals surface area contributed by atoms with E-state index in [-0.39, 0.29) is 0 Å². The van der Waals surface area contributed by atoms with E-state index in [4.69, 9.17) is 5.11 Å². The van der Waals surface area contributed by atoms with Crippen LogP contribution in [0.5, 0.6) is 0 Å². The molecule has 0 spiro atoms. The number of carbonyl (C=O) groups is 1. The van der Waals surface area contributed by atoms with Crippen LogP contribution in [-0.4, -0.2) is 31.9 Å². The minimum absolute atomic E-state index is 0.407. The van der Waals surface area contributed by atoms with E-state index in [1.54, 1.807) is 18.7 Å². The lowest BCUT2D eigenvalue weighted by Crippen LogP contribution is -2.33. The van der Waals surface area contributed by atoms with E-state index >= 15 is 0 Å². The van der Waals surface area contributed by atoms with Gasteiger partial charge in [-0.1, -0.05) is 0 Å². The molecule has 1 aromatic heterocycles. The van der Waals surface area contributed by atoms with Crippen molar-refractivity contribution in [3.05, 3.63) is 12.2 Å². The molecular weight excluding hydrogens is 172 g/mol. The lowest BCUT2D eigenvalue weighted by atomic mass is 10.3. The topological polar surface area (TPSA) is 80.0 Å². The van der Waals surface area contributed by atoms with Crippen LogP contribution < -0.4 is 5.32 Å². The Morgan fingerprint density at radius 3 is 3.00 bits per heavy atom. The molecule has 0 amide bonds. The summed E-state index contributed by atoms with van der Waals surface area (Å²) in [5.74, 6) is -0.157. The quantitative estimate of drug-likeness (QED) is 0.651. The van der Waals surface area contributed by atoms with Crippen LogP contribution in [0.1, 0.15) is 12.7 Å². The van der Waals surface area contributed by atoms with Crippen LogP contribution in [0.3, 0.4) is 0 Å². The molecule has 1 atom stereocenters. The van der Waals surface area contributed by atoms with Gasteiger partial charge in [0, 0.05) is 7.05 Å². The van der Waals surface area contributed by atoms with E-state index in [9.17, 15) is 4.79 Å². The third-order valence-electron chi connectivity index (χ3n) is 1.74. The van der Waals surface area contributed by atoms with Gasteiger partial charge in [-0.2, -0.15) is 5.10 Å². The molecule has 0 saturated heterocycles. The predicted molar refractivity (Wildman–Crippen MR) is 44.9 cm³/mol. The first kappa shape index (κ1) is 9.66. The first-order chi connectivity index (χ1) is 6.11. The average Bonchev–Trinajstić information content (AvgIpc) is 2.47. The van der Waals surface area contributed by atoms with Crippen molar-refractivity contribution in [3.8, 4) is 0 Å². The Labute approximate surface area is 75.6 Å². The maximum Gasteiger partial charge on any atom is 0.320 e. The molecule has 72 valence electrons. The summed E-state index contributed by atoms with van der Waals surface area (Å²) >= 11 is 0. The van der Waals surface area contributed by atoms with Crippen LogP contribution in [0.15, 0.2) is 6.33 Å². The van der Waals surface area contributed by atoms with Crippen molar-refractivity contribution in [1.29, 1.82) is 0 Å². The summed E-state index contributed by atoms with van der Waals surface area (Å²) in [5, 5.41) is 15.2. The molecule has 1 rings (SSSR count). The predicted octanol–water partition coefficient (Wildman–Crippen LogP) is -0.622. The Morgan fingerprint density at radius 2 is 2.54 bits per heavy atom. The molecule has 6 heteroatoms. The van der Waals surface area contributed by atoms with Crippen molar-refractivity contribution in [1.82, 2.24) is 20.1 Å². The first-order valence-corrected chi connectivity index (χ1v) is 3.90. The smallest absolute Gasteiger partial charge is 0.320 e. The third-order valence-corrected chi connectivity index (χ3v) is 1.74. The van der Waals surface area contributed by atoms with E-state index < -0.39 is 12.0 Å². The molecule has 13 heavy (non-hydrogen) atoms. The van der Waals surface area contributed by atoms with E-state index in [0.29, 0.717) is 12.4 Å². The number of aromatic nitrogens is 3. The minimum Gasteiger partial charge on any atom is -0.480 e. The standard InChI is InChI=1S/C7H12N4O2/c1-5(7(12)13)8-3-6-9-4-10-11(6)2/h4-5,8H,3H2,1-2H3,(H,12,13)/t5-/m0/s1. The number of nitrogens with zero attached hydrogens (tertiary/aromatic N) is 3. The van der Waals surface area contributed by atoms with Gasteiger partial charge >= 0.3 is 5.97 Å². The number of nitrogens with one attached hydrogen (secondary N) is 1. The molecule has 0 aliphatic carbocycles. The van der Waals surface area contributed by atoms with Gasteiger partial charge in [-0.25, -0.2) is 4.98 Å². The van der Waals surface area contributed by atoms with Gasteiger partial charge < -0.3 is 5.11 Å². The normalized spacial score (nSPS) is 12.8. The van der Waals surface area contributed by atoms with Crippen molar-refractivity contribution in [2.24, 2.45) is 7.05 Å². The fourth-order valence-electron chi connectivity index (χ4n) is 0.812. The van der Waals surface area contributed by atoms with Gasteiger partial charge in [-0.3, -0.25) is 14.8 Å². The molecule has 0 aliphatic rings. The molecule has 0 bridgehead atoms. The summed E-state index contributed by atoms with van der Waals surface area (Å²) in [6.45, 7) is 1.99. The maximum atomic E-state index is 10.4. The van der Waals surface area contributed by atoms with Gasteiger partial charge in [0.1, 0.15) is 18.2 Å². The number of hydrogen-bond acceptors (Lipinski definition) is 4. The van der Waals surface area contributed by atoms with Gasteiger partial charge in [-0.05, 0) is 6.92 Å². The number of carboxylic acid groups (broad SMARTS) is 1. The molecule has 6 nitrogen and oxygen atoms in total. The van der Waals surface area contributed by atoms with E-state index in [1.165, 1.54) is 6.33 Å².